The van der Waals surface area contributed by atoms with Crippen LogP contribution in [0, 0.1) is 0 Å². The maximum Gasteiger partial charge on any atom is 0.115 e. The third-order valence-electron chi connectivity index (χ3n) is 2.24. The highest BCUT2D eigenvalue weighted by Crippen LogP contribution is 2.18. The van der Waals surface area contributed by atoms with E-state index in [4.69, 9.17) is 5.73 Å². The molecule has 0 aliphatic carbocycles. The predicted molar refractivity (Wildman–Crippen MR) is 57.2 cm³/mol. The van der Waals surface area contributed by atoms with Crippen LogP contribution in [-0.4, -0.2) is 21.5 Å². The van der Waals surface area contributed by atoms with E-state index in [0.29, 0.717) is 6.54 Å². The molecular weight excluding hydrogens is 188 g/mol. The smallest absolute Gasteiger partial charge is 0.115 e. The second-order valence-electron chi connectivity index (χ2n) is 3.18. The average molecular weight is 200 g/mol. The van der Waals surface area contributed by atoms with E-state index in [1.807, 2.05) is 24.3 Å². The van der Waals surface area contributed by atoms with Gasteiger partial charge in [-0.2, -0.15) is 0 Å². The van der Waals surface area contributed by atoms with Crippen LogP contribution in [0.4, 0.5) is 0 Å². The lowest BCUT2D eigenvalue weighted by Crippen LogP contribution is -2.16. The highest BCUT2D eigenvalue weighted by atomic mass is 14.8. The third kappa shape index (κ3) is 2.16. The van der Waals surface area contributed by atoms with Gasteiger partial charge < -0.3 is 5.73 Å². The number of nitrogens with zero attached hydrogens (tertiary/aromatic N) is 3. The SMILES string of the molecule is NCC(c1ccccn1)c1ccncn1. The lowest BCUT2D eigenvalue weighted by molar-refractivity contribution is 0.755. The van der Waals surface area contributed by atoms with Gasteiger partial charge in [0.1, 0.15) is 6.33 Å². The molecule has 2 aromatic heterocycles. The lowest BCUT2D eigenvalue weighted by Gasteiger charge is -2.12. The maximum absolute atomic E-state index is 5.74. The molecule has 1 atom stereocenters. The Bertz CT molecular complexity index is 362. The Balaban J connectivity index is 2.34. The van der Waals surface area contributed by atoms with Gasteiger partial charge in [-0.05, 0) is 18.2 Å². The van der Waals surface area contributed by atoms with Crippen LogP contribution in [0.15, 0.2) is 43.0 Å². The summed E-state index contributed by atoms with van der Waals surface area (Å²) in [6, 6.07) is 7.66. The Morgan fingerprint density at radius 2 is 1.93 bits per heavy atom. The van der Waals surface area contributed by atoms with E-state index < -0.39 is 0 Å². The molecule has 0 saturated carbocycles. The van der Waals surface area contributed by atoms with Crippen molar-refractivity contribution in [1.82, 2.24) is 15.0 Å². The summed E-state index contributed by atoms with van der Waals surface area (Å²) in [6.07, 6.45) is 5.01. The monoisotopic (exact) mass is 200 g/mol. The topological polar surface area (TPSA) is 64.7 Å². The van der Waals surface area contributed by atoms with Gasteiger partial charge in [-0.25, -0.2) is 9.97 Å². The number of aromatic nitrogens is 3. The zero-order chi connectivity index (χ0) is 10.5. The molecule has 1 unspecified atom stereocenters. The van der Waals surface area contributed by atoms with Crippen LogP contribution in [0.2, 0.25) is 0 Å². The Labute approximate surface area is 88.2 Å². The van der Waals surface area contributed by atoms with Crippen LogP contribution in [0.5, 0.6) is 0 Å². The van der Waals surface area contributed by atoms with E-state index in [1.54, 1.807) is 12.4 Å². The van der Waals surface area contributed by atoms with Gasteiger partial charge in [0, 0.05) is 18.9 Å². The number of rotatable bonds is 3. The summed E-state index contributed by atoms with van der Waals surface area (Å²) in [5.41, 5.74) is 7.59. The van der Waals surface area contributed by atoms with Gasteiger partial charge in [0.25, 0.3) is 0 Å². The van der Waals surface area contributed by atoms with Crippen molar-refractivity contribution < 1.29 is 0 Å². The van der Waals surface area contributed by atoms with Gasteiger partial charge in [0.15, 0.2) is 0 Å². The van der Waals surface area contributed by atoms with Crippen LogP contribution in [0.1, 0.15) is 17.3 Å². The molecule has 0 aliphatic heterocycles. The second-order valence-corrected chi connectivity index (χ2v) is 3.18. The molecule has 0 bridgehead atoms. The maximum atomic E-state index is 5.74. The van der Waals surface area contributed by atoms with Gasteiger partial charge in [-0.3, -0.25) is 4.98 Å². The first-order chi connectivity index (χ1) is 7.42. The van der Waals surface area contributed by atoms with Crippen LogP contribution in [0.25, 0.3) is 0 Å². The zero-order valence-corrected chi connectivity index (χ0v) is 8.24. The molecule has 4 heteroatoms. The largest absolute Gasteiger partial charge is 0.329 e. The standard InChI is InChI=1S/C11H12N4/c12-7-9(10-3-1-2-5-14-10)11-4-6-13-8-15-11/h1-6,8-9H,7,12H2. The Morgan fingerprint density at radius 3 is 2.53 bits per heavy atom. The van der Waals surface area contributed by atoms with Crippen molar-refractivity contribution in [3.63, 3.8) is 0 Å². The molecule has 15 heavy (non-hydrogen) atoms. The van der Waals surface area contributed by atoms with Gasteiger partial charge >= 0.3 is 0 Å². The minimum atomic E-state index is 0.0502. The molecule has 0 spiro atoms. The predicted octanol–water partition coefficient (Wildman–Crippen LogP) is 0.962. The summed E-state index contributed by atoms with van der Waals surface area (Å²) >= 11 is 0. The Kier molecular flexibility index (Phi) is 2.99. The second kappa shape index (κ2) is 4.61. The molecule has 0 aromatic carbocycles. The van der Waals surface area contributed by atoms with E-state index in [2.05, 4.69) is 15.0 Å². The summed E-state index contributed by atoms with van der Waals surface area (Å²) in [6.45, 7) is 0.494. The summed E-state index contributed by atoms with van der Waals surface area (Å²) in [5.74, 6) is 0.0502. The molecular formula is C11H12N4. The highest BCUT2D eigenvalue weighted by molar-refractivity contribution is 5.21. The molecule has 2 heterocycles. The van der Waals surface area contributed by atoms with Crippen molar-refractivity contribution in [2.75, 3.05) is 6.54 Å². The zero-order valence-electron chi connectivity index (χ0n) is 8.24. The van der Waals surface area contributed by atoms with E-state index in [9.17, 15) is 0 Å². The highest BCUT2D eigenvalue weighted by Gasteiger charge is 2.13. The van der Waals surface area contributed by atoms with Gasteiger partial charge in [0.2, 0.25) is 0 Å². The fourth-order valence-electron chi connectivity index (χ4n) is 1.48. The molecule has 0 saturated heterocycles. The fourth-order valence-corrected chi connectivity index (χ4v) is 1.48. The molecule has 2 rings (SSSR count). The van der Waals surface area contributed by atoms with Crippen LogP contribution >= 0.6 is 0 Å². The summed E-state index contributed by atoms with van der Waals surface area (Å²) in [5, 5.41) is 0. The summed E-state index contributed by atoms with van der Waals surface area (Å²) in [4.78, 5) is 12.4. The van der Waals surface area contributed by atoms with Crippen LogP contribution in [0.3, 0.4) is 0 Å². The Hall–Kier alpha value is -1.81. The van der Waals surface area contributed by atoms with Crippen LogP contribution in [-0.2, 0) is 0 Å². The number of nitrogens with two attached hydrogens (primary N) is 1. The quantitative estimate of drug-likeness (QED) is 0.801. The van der Waals surface area contributed by atoms with Crippen LogP contribution < -0.4 is 5.73 Å². The number of hydrogen-bond acceptors (Lipinski definition) is 4. The average Bonchev–Trinajstić information content (AvgIpc) is 2.33. The molecule has 2 N–H and O–H groups in total. The molecule has 2 aromatic rings. The van der Waals surface area contributed by atoms with Gasteiger partial charge in [-0.15, -0.1) is 0 Å². The first-order valence-electron chi connectivity index (χ1n) is 4.78. The van der Waals surface area contributed by atoms with E-state index in [0.717, 1.165) is 11.4 Å². The molecule has 0 radical (unpaired) electrons. The first-order valence-corrected chi connectivity index (χ1v) is 4.78. The van der Waals surface area contributed by atoms with Crippen molar-refractivity contribution in [3.8, 4) is 0 Å². The summed E-state index contributed by atoms with van der Waals surface area (Å²) < 4.78 is 0. The first kappa shape index (κ1) is 9.73. The van der Waals surface area contributed by atoms with Gasteiger partial charge in [0.05, 0.1) is 17.3 Å². The van der Waals surface area contributed by atoms with Crippen molar-refractivity contribution in [2.45, 2.75) is 5.92 Å². The molecule has 4 nitrogen and oxygen atoms in total. The number of pyridine rings is 1. The third-order valence-corrected chi connectivity index (χ3v) is 2.24. The molecule has 0 amide bonds. The van der Waals surface area contributed by atoms with E-state index >= 15 is 0 Å². The normalized spacial score (nSPS) is 12.3. The Morgan fingerprint density at radius 1 is 1.07 bits per heavy atom. The molecule has 0 aliphatic rings. The molecule has 76 valence electrons. The lowest BCUT2D eigenvalue weighted by atomic mass is 10.0. The molecule has 0 fully saturated rings. The van der Waals surface area contributed by atoms with Crippen molar-refractivity contribution >= 4 is 0 Å². The fraction of sp³-hybridized carbons (Fsp3) is 0.182. The van der Waals surface area contributed by atoms with E-state index in [-0.39, 0.29) is 5.92 Å². The van der Waals surface area contributed by atoms with Crippen molar-refractivity contribution in [2.24, 2.45) is 5.73 Å². The minimum absolute atomic E-state index is 0.0502. The van der Waals surface area contributed by atoms with Crippen molar-refractivity contribution in [3.05, 3.63) is 54.4 Å². The minimum Gasteiger partial charge on any atom is -0.329 e. The summed E-state index contributed by atoms with van der Waals surface area (Å²) in [7, 11) is 0. The van der Waals surface area contributed by atoms with Gasteiger partial charge in [-0.1, -0.05) is 6.07 Å². The van der Waals surface area contributed by atoms with E-state index in [1.165, 1.54) is 6.33 Å². The number of hydrogen-bond donors (Lipinski definition) is 1. The van der Waals surface area contributed by atoms with Crippen molar-refractivity contribution in [1.29, 1.82) is 0 Å².